The van der Waals surface area contributed by atoms with Crippen molar-refractivity contribution in [2.75, 3.05) is 38.8 Å². The van der Waals surface area contributed by atoms with Gasteiger partial charge in [-0.05, 0) is 31.2 Å². The molecule has 1 atom stereocenters. The molecule has 0 aromatic carbocycles. The number of nitrogens with zero attached hydrogens (tertiary/aromatic N) is 2. The molecule has 1 aromatic heterocycles. The zero-order chi connectivity index (χ0) is 15.5. The molecular weight excluding hydrogens is 282 g/mol. The number of thiazole rings is 1. The lowest BCUT2D eigenvalue weighted by Crippen LogP contribution is -2.33. The van der Waals surface area contributed by atoms with E-state index in [9.17, 15) is 0 Å². The van der Waals surface area contributed by atoms with Crippen LogP contribution in [0.25, 0.3) is 0 Å². The number of aromatic nitrogens is 1. The van der Waals surface area contributed by atoms with E-state index in [1.807, 2.05) is 11.3 Å². The van der Waals surface area contributed by atoms with E-state index in [0.717, 1.165) is 31.2 Å². The predicted molar refractivity (Wildman–Crippen MR) is 90.4 cm³/mol. The molecule has 0 saturated carbocycles. The van der Waals surface area contributed by atoms with Crippen molar-refractivity contribution in [3.05, 3.63) is 10.6 Å². The van der Waals surface area contributed by atoms with E-state index < -0.39 is 0 Å². The average molecular weight is 311 g/mol. The summed E-state index contributed by atoms with van der Waals surface area (Å²) in [5.41, 5.74) is 1.62. The van der Waals surface area contributed by atoms with Crippen LogP contribution in [0.4, 0.5) is 5.13 Å². The molecule has 1 heterocycles. The van der Waals surface area contributed by atoms with Gasteiger partial charge in [-0.15, -0.1) is 0 Å². The third-order valence-corrected chi connectivity index (χ3v) is 5.36. The van der Waals surface area contributed by atoms with Gasteiger partial charge in [0.25, 0.3) is 0 Å². The van der Waals surface area contributed by atoms with Crippen molar-refractivity contribution >= 4 is 16.5 Å². The predicted octanol–water partition coefficient (Wildman–Crippen LogP) is 3.24. The number of fused-ring (bicyclic) bond motifs is 1. The monoisotopic (exact) mass is 311 g/mol. The molecule has 0 aliphatic heterocycles. The molecule has 1 aliphatic carbocycles. The lowest BCUT2D eigenvalue weighted by molar-refractivity contribution is 0.206. The molecule has 120 valence electrons. The maximum atomic E-state index is 5.17. The van der Waals surface area contributed by atoms with Gasteiger partial charge in [-0.25, -0.2) is 4.98 Å². The van der Waals surface area contributed by atoms with Crippen LogP contribution in [0.15, 0.2) is 0 Å². The second kappa shape index (κ2) is 7.07. The van der Waals surface area contributed by atoms with Crippen molar-refractivity contribution in [1.82, 2.24) is 10.3 Å². The Balaban J connectivity index is 2.19. The second-order valence-corrected chi connectivity index (χ2v) is 7.78. The van der Waals surface area contributed by atoms with Crippen molar-refractivity contribution in [2.24, 2.45) is 5.41 Å². The van der Waals surface area contributed by atoms with Crippen molar-refractivity contribution in [3.63, 3.8) is 0 Å². The second-order valence-electron chi connectivity index (χ2n) is 6.77. The van der Waals surface area contributed by atoms with Gasteiger partial charge in [-0.2, -0.15) is 0 Å². The van der Waals surface area contributed by atoms with Crippen LogP contribution in [0.5, 0.6) is 0 Å². The van der Waals surface area contributed by atoms with E-state index in [0.29, 0.717) is 11.5 Å². The Bertz CT molecular complexity index is 458. The molecule has 0 fully saturated rings. The molecular formula is C16H29N3OS. The van der Waals surface area contributed by atoms with E-state index in [1.165, 1.54) is 23.4 Å². The summed E-state index contributed by atoms with van der Waals surface area (Å²) in [5, 5.41) is 4.83. The van der Waals surface area contributed by atoms with Crippen LogP contribution in [-0.4, -0.2) is 38.8 Å². The molecule has 1 aliphatic rings. The molecule has 1 unspecified atom stereocenters. The molecule has 0 amide bonds. The summed E-state index contributed by atoms with van der Waals surface area (Å²) in [6.07, 6.45) is 3.45. The normalized spacial score (nSPS) is 20.3. The summed E-state index contributed by atoms with van der Waals surface area (Å²) < 4.78 is 5.17. The molecule has 0 radical (unpaired) electrons. The third-order valence-electron chi connectivity index (χ3n) is 4.03. The van der Waals surface area contributed by atoms with E-state index in [4.69, 9.17) is 9.72 Å². The lowest BCUT2D eigenvalue weighted by Gasteiger charge is -2.34. The number of nitrogens with one attached hydrogen (secondary N) is 1. The highest BCUT2D eigenvalue weighted by Gasteiger charge is 2.35. The number of ether oxygens (including phenoxy) is 1. The number of methoxy groups -OCH3 is 1. The van der Waals surface area contributed by atoms with Crippen LogP contribution in [0.3, 0.4) is 0 Å². The zero-order valence-electron chi connectivity index (χ0n) is 14.0. The van der Waals surface area contributed by atoms with Gasteiger partial charge >= 0.3 is 0 Å². The Morgan fingerprint density at radius 1 is 1.48 bits per heavy atom. The first kappa shape index (κ1) is 16.7. The van der Waals surface area contributed by atoms with Gasteiger partial charge in [0.1, 0.15) is 0 Å². The number of likely N-dealkylation sites (N-methyl/N-ethyl adjacent to an activating group) is 1. The smallest absolute Gasteiger partial charge is 0.185 e. The fraction of sp³-hybridized carbons (Fsp3) is 0.812. The minimum absolute atomic E-state index is 0.328. The third kappa shape index (κ3) is 4.18. The van der Waals surface area contributed by atoms with Crippen molar-refractivity contribution in [2.45, 2.75) is 46.1 Å². The Labute approximate surface area is 132 Å². The molecule has 1 aromatic rings. The van der Waals surface area contributed by atoms with Crippen LogP contribution >= 0.6 is 11.3 Å². The summed E-state index contributed by atoms with van der Waals surface area (Å²) in [5.74, 6) is 0. The topological polar surface area (TPSA) is 37.4 Å². The summed E-state index contributed by atoms with van der Waals surface area (Å²) in [4.78, 5) is 8.56. The largest absolute Gasteiger partial charge is 0.383 e. The Kier molecular flexibility index (Phi) is 5.63. The minimum atomic E-state index is 0.328. The first-order valence-corrected chi connectivity index (χ1v) is 8.71. The van der Waals surface area contributed by atoms with Gasteiger partial charge in [0.05, 0.1) is 12.3 Å². The first-order chi connectivity index (χ1) is 9.96. The Hall–Kier alpha value is -0.650. The number of hydrogen-bond donors (Lipinski definition) is 1. The maximum Gasteiger partial charge on any atom is 0.185 e. The Morgan fingerprint density at radius 3 is 2.90 bits per heavy atom. The standard InChI is InChI=1S/C16H29N3OS/c1-6-7-17-12-10-16(2,3)11-13-14(12)21-15(18-13)19(4)8-9-20-5/h12,17H,6-11H2,1-5H3. The fourth-order valence-corrected chi connectivity index (χ4v) is 4.04. The molecule has 21 heavy (non-hydrogen) atoms. The molecule has 0 spiro atoms. The highest BCUT2D eigenvalue weighted by molar-refractivity contribution is 7.15. The van der Waals surface area contributed by atoms with Gasteiger partial charge < -0.3 is 15.0 Å². The Morgan fingerprint density at radius 2 is 2.24 bits per heavy atom. The highest BCUT2D eigenvalue weighted by Crippen LogP contribution is 2.44. The number of anilines is 1. The first-order valence-electron chi connectivity index (χ1n) is 7.90. The fourth-order valence-electron chi connectivity index (χ4n) is 2.89. The lowest BCUT2D eigenvalue weighted by atomic mass is 9.76. The number of hydrogen-bond acceptors (Lipinski definition) is 5. The van der Waals surface area contributed by atoms with Crippen LogP contribution in [0, 0.1) is 5.41 Å². The van der Waals surface area contributed by atoms with Crippen LogP contribution < -0.4 is 10.2 Å². The van der Waals surface area contributed by atoms with Crippen LogP contribution in [0.2, 0.25) is 0 Å². The summed E-state index contributed by atoms with van der Waals surface area (Å²) in [7, 11) is 3.84. The van der Waals surface area contributed by atoms with Gasteiger partial charge in [0.2, 0.25) is 0 Å². The zero-order valence-corrected chi connectivity index (χ0v) is 14.8. The van der Waals surface area contributed by atoms with Crippen molar-refractivity contribution < 1.29 is 4.74 Å². The quantitative estimate of drug-likeness (QED) is 0.839. The minimum Gasteiger partial charge on any atom is -0.383 e. The van der Waals surface area contributed by atoms with Crippen LogP contribution in [-0.2, 0) is 11.2 Å². The van der Waals surface area contributed by atoms with Gasteiger partial charge in [-0.1, -0.05) is 32.1 Å². The van der Waals surface area contributed by atoms with E-state index in [2.05, 4.69) is 38.0 Å². The SMILES string of the molecule is CCCNC1CC(C)(C)Cc2nc(N(C)CCOC)sc21. The molecule has 0 bridgehead atoms. The maximum absolute atomic E-state index is 5.17. The van der Waals surface area contributed by atoms with Gasteiger partial charge in [0, 0.05) is 31.6 Å². The average Bonchev–Trinajstić information content (AvgIpc) is 2.84. The summed E-state index contributed by atoms with van der Waals surface area (Å²) >= 11 is 1.85. The van der Waals surface area contributed by atoms with Gasteiger partial charge in [-0.3, -0.25) is 0 Å². The summed E-state index contributed by atoms with van der Waals surface area (Å²) in [6, 6.07) is 0.464. The molecule has 5 heteroatoms. The van der Waals surface area contributed by atoms with Crippen molar-refractivity contribution in [3.8, 4) is 0 Å². The van der Waals surface area contributed by atoms with E-state index in [1.54, 1.807) is 7.11 Å². The molecule has 2 rings (SSSR count). The van der Waals surface area contributed by atoms with E-state index >= 15 is 0 Å². The van der Waals surface area contributed by atoms with Crippen molar-refractivity contribution in [1.29, 1.82) is 0 Å². The number of rotatable bonds is 7. The van der Waals surface area contributed by atoms with E-state index in [-0.39, 0.29) is 0 Å². The van der Waals surface area contributed by atoms with Gasteiger partial charge in [0.15, 0.2) is 5.13 Å². The van der Waals surface area contributed by atoms with Crippen LogP contribution in [0.1, 0.15) is 50.2 Å². The summed E-state index contributed by atoms with van der Waals surface area (Å²) in [6.45, 7) is 9.63. The molecule has 1 N–H and O–H groups in total. The highest BCUT2D eigenvalue weighted by atomic mass is 32.1. The molecule has 0 saturated heterocycles. The molecule has 4 nitrogen and oxygen atoms in total.